The zero-order valence-electron chi connectivity index (χ0n) is 9.50. The predicted octanol–water partition coefficient (Wildman–Crippen LogP) is -0.398. The second-order valence-electron chi connectivity index (χ2n) is 4.11. The fourth-order valence-corrected chi connectivity index (χ4v) is 1.75. The van der Waals surface area contributed by atoms with Crippen molar-refractivity contribution >= 4 is 5.97 Å². The zero-order chi connectivity index (χ0) is 12.1. The fourth-order valence-electron chi connectivity index (χ4n) is 1.75. The van der Waals surface area contributed by atoms with Gasteiger partial charge in [-0.05, 0) is 12.3 Å². The second kappa shape index (κ2) is 5.74. The van der Waals surface area contributed by atoms with Gasteiger partial charge in [0.05, 0.1) is 19.3 Å². The molecular formula is C10H16N4O3. The number of carboxylic acids is 1. The van der Waals surface area contributed by atoms with Crippen LogP contribution in [0, 0.1) is 5.92 Å². The standard InChI is InChI=1S/C10H16N4O3/c15-10(16)9-6-14(13-12-9)3-2-11-5-8-1-4-17-7-8/h6,8,11H,1-5,7H2,(H,15,16). The van der Waals surface area contributed by atoms with Gasteiger partial charge in [-0.3, -0.25) is 4.68 Å². The molecule has 7 heteroatoms. The molecule has 0 amide bonds. The average molecular weight is 240 g/mol. The highest BCUT2D eigenvalue weighted by atomic mass is 16.5. The van der Waals surface area contributed by atoms with Crippen LogP contribution < -0.4 is 5.32 Å². The highest BCUT2D eigenvalue weighted by Crippen LogP contribution is 2.10. The number of nitrogens with zero attached hydrogens (tertiary/aromatic N) is 3. The van der Waals surface area contributed by atoms with Gasteiger partial charge in [0.2, 0.25) is 0 Å². The second-order valence-corrected chi connectivity index (χ2v) is 4.11. The van der Waals surface area contributed by atoms with Gasteiger partial charge in [0.25, 0.3) is 0 Å². The smallest absolute Gasteiger partial charge is 0.358 e. The minimum absolute atomic E-state index is 0.0193. The van der Waals surface area contributed by atoms with E-state index < -0.39 is 5.97 Å². The lowest BCUT2D eigenvalue weighted by Gasteiger charge is -2.08. The third-order valence-corrected chi connectivity index (χ3v) is 2.73. The molecule has 2 rings (SSSR count). The molecule has 0 bridgehead atoms. The third kappa shape index (κ3) is 3.50. The predicted molar refractivity (Wildman–Crippen MR) is 58.8 cm³/mol. The molecule has 17 heavy (non-hydrogen) atoms. The van der Waals surface area contributed by atoms with Crippen LogP contribution in [0.25, 0.3) is 0 Å². The van der Waals surface area contributed by atoms with Crippen LogP contribution in [0.2, 0.25) is 0 Å². The van der Waals surface area contributed by atoms with E-state index in [4.69, 9.17) is 9.84 Å². The Hall–Kier alpha value is -1.47. The van der Waals surface area contributed by atoms with Crippen LogP contribution >= 0.6 is 0 Å². The lowest BCUT2D eigenvalue weighted by Crippen LogP contribution is -2.26. The molecule has 1 fully saturated rings. The topological polar surface area (TPSA) is 89.3 Å². The molecule has 0 radical (unpaired) electrons. The number of aromatic carboxylic acids is 1. The summed E-state index contributed by atoms with van der Waals surface area (Å²) in [6.07, 6.45) is 2.54. The van der Waals surface area contributed by atoms with E-state index in [0.29, 0.717) is 12.5 Å². The summed E-state index contributed by atoms with van der Waals surface area (Å²) in [5, 5.41) is 19.2. The molecule has 0 aliphatic carbocycles. The highest BCUT2D eigenvalue weighted by molar-refractivity contribution is 5.84. The molecule has 1 aliphatic heterocycles. The number of carboxylic acid groups (broad SMARTS) is 1. The number of hydrogen-bond acceptors (Lipinski definition) is 5. The molecule has 2 heterocycles. The number of aromatic nitrogens is 3. The molecule has 1 aromatic heterocycles. The lowest BCUT2D eigenvalue weighted by molar-refractivity contribution is 0.0690. The van der Waals surface area contributed by atoms with Crippen molar-refractivity contribution in [2.45, 2.75) is 13.0 Å². The van der Waals surface area contributed by atoms with Gasteiger partial charge in [-0.15, -0.1) is 5.10 Å². The summed E-state index contributed by atoms with van der Waals surface area (Å²) in [4.78, 5) is 10.6. The normalized spacial score (nSPS) is 19.6. The summed E-state index contributed by atoms with van der Waals surface area (Å²) >= 11 is 0. The van der Waals surface area contributed by atoms with Gasteiger partial charge in [0.15, 0.2) is 5.69 Å². The first kappa shape index (κ1) is 12.0. The van der Waals surface area contributed by atoms with Crippen molar-refractivity contribution in [3.63, 3.8) is 0 Å². The van der Waals surface area contributed by atoms with Crippen LogP contribution in [0.3, 0.4) is 0 Å². The van der Waals surface area contributed by atoms with Gasteiger partial charge in [-0.25, -0.2) is 4.79 Å². The third-order valence-electron chi connectivity index (χ3n) is 2.73. The summed E-state index contributed by atoms with van der Waals surface area (Å²) in [5.41, 5.74) is -0.0193. The Morgan fingerprint density at radius 1 is 1.71 bits per heavy atom. The first-order valence-electron chi connectivity index (χ1n) is 5.67. The molecule has 0 aromatic carbocycles. The van der Waals surface area contributed by atoms with Gasteiger partial charge < -0.3 is 15.2 Å². The number of carbonyl (C=O) groups is 1. The van der Waals surface area contributed by atoms with Crippen molar-refractivity contribution in [1.82, 2.24) is 20.3 Å². The van der Waals surface area contributed by atoms with Gasteiger partial charge in [-0.1, -0.05) is 5.21 Å². The van der Waals surface area contributed by atoms with E-state index in [1.54, 1.807) is 0 Å². The molecule has 0 spiro atoms. The highest BCUT2D eigenvalue weighted by Gasteiger charge is 2.14. The van der Waals surface area contributed by atoms with Gasteiger partial charge >= 0.3 is 5.97 Å². The molecule has 1 aliphatic rings. The number of nitrogens with one attached hydrogen (secondary N) is 1. The quantitative estimate of drug-likeness (QED) is 0.658. The minimum atomic E-state index is -1.05. The first-order valence-corrected chi connectivity index (χ1v) is 5.67. The first-order chi connectivity index (χ1) is 8.25. The molecule has 1 aromatic rings. The van der Waals surface area contributed by atoms with Gasteiger partial charge in [0, 0.05) is 19.7 Å². The van der Waals surface area contributed by atoms with Crippen LogP contribution in [0.5, 0.6) is 0 Å². The molecule has 1 unspecified atom stereocenters. The van der Waals surface area contributed by atoms with E-state index in [0.717, 1.165) is 32.7 Å². The van der Waals surface area contributed by atoms with Crippen LogP contribution in [-0.4, -0.2) is 52.4 Å². The lowest BCUT2D eigenvalue weighted by atomic mass is 10.1. The average Bonchev–Trinajstić information content (AvgIpc) is 2.96. The van der Waals surface area contributed by atoms with E-state index in [9.17, 15) is 4.79 Å². The van der Waals surface area contributed by atoms with Crippen molar-refractivity contribution in [2.24, 2.45) is 5.92 Å². The number of ether oxygens (including phenoxy) is 1. The Balaban J connectivity index is 1.65. The summed E-state index contributed by atoms with van der Waals surface area (Å²) in [7, 11) is 0. The van der Waals surface area contributed by atoms with Gasteiger partial charge in [-0.2, -0.15) is 0 Å². The maximum atomic E-state index is 10.6. The number of rotatable bonds is 6. The maximum Gasteiger partial charge on any atom is 0.358 e. The fraction of sp³-hybridized carbons (Fsp3) is 0.700. The molecule has 1 atom stereocenters. The SMILES string of the molecule is O=C(O)c1cn(CCNCC2CCOC2)nn1. The largest absolute Gasteiger partial charge is 0.476 e. The van der Waals surface area contributed by atoms with Gasteiger partial charge in [0.1, 0.15) is 0 Å². The van der Waals surface area contributed by atoms with Crippen LogP contribution in [0.4, 0.5) is 0 Å². The van der Waals surface area contributed by atoms with E-state index in [-0.39, 0.29) is 5.69 Å². The van der Waals surface area contributed by atoms with E-state index >= 15 is 0 Å². The monoisotopic (exact) mass is 240 g/mol. The molecule has 0 saturated carbocycles. The molecule has 7 nitrogen and oxygen atoms in total. The Bertz CT molecular complexity index is 373. The summed E-state index contributed by atoms with van der Waals surface area (Å²) in [6.45, 7) is 3.99. The maximum absolute atomic E-state index is 10.6. The van der Waals surface area contributed by atoms with Crippen LogP contribution in [-0.2, 0) is 11.3 Å². The summed E-state index contributed by atoms with van der Waals surface area (Å²) in [5.74, 6) is -0.451. The van der Waals surface area contributed by atoms with E-state index in [1.807, 2.05) is 0 Å². The Morgan fingerprint density at radius 2 is 2.59 bits per heavy atom. The molecular weight excluding hydrogens is 224 g/mol. The Morgan fingerprint density at radius 3 is 3.24 bits per heavy atom. The van der Waals surface area contributed by atoms with Crippen LogP contribution in [0.15, 0.2) is 6.20 Å². The Kier molecular flexibility index (Phi) is 4.05. The van der Waals surface area contributed by atoms with E-state index in [2.05, 4.69) is 15.6 Å². The molecule has 1 saturated heterocycles. The minimum Gasteiger partial charge on any atom is -0.476 e. The van der Waals surface area contributed by atoms with Crippen molar-refractivity contribution in [1.29, 1.82) is 0 Å². The van der Waals surface area contributed by atoms with Crippen molar-refractivity contribution in [3.8, 4) is 0 Å². The molecule has 94 valence electrons. The van der Waals surface area contributed by atoms with Crippen LogP contribution in [0.1, 0.15) is 16.9 Å². The summed E-state index contributed by atoms with van der Waals surface area (Å²) < 4.78 is 6.80. The zero-order valence-corrected chi connectivity index (χ0v) is 9.50. The Labute approximate surface area is 98.8 Å². The van der Waals surface area contributed by atoms with Crippen molar-refractivity contribution in [3.05, 3.63) is 11.9 Å². The van der Waals surface area contributed by atoms with Crippen molar-refractivity contribution in [2.75, 3.05) is 26.3 Å². The number of hydrogen-bond donors (Lipinski definition) is 2. The summed E-state index contributed by atoms with van der Waals surface area (Å²) in [6, 6.07) is 0. The van der Waals surface area contributed by atoms with Crippen molar-refractivity contribution < 1.29 is 14.6 Å². The molecule has 2 N–H and O–H groups in total. The van der Waals surface area contributed by atoms with E-state index in [1.165, 1.54) is 10.9 Å².